The molecule has 0 saturated heterocycles. The van der Waals surface area contributed by atoms with E-state index in [0.717, 1.165) is 67.7 Å². The molecule has 0 atom stereocenters. The fraction of sp³-hybridized carbons (Fsp3) is 0.744. The lowest BCUT2D eigenvalue weighted by molar-refractivity contribution is -0.528. The van der Waals surface area contributed by atoms with Gasteiger partial charge in [0, 0.05) is 19.3 Å². The van der Waals surface area contributed by atoms with E-state index in [0.29, 0.717) is 11.3 Å². The van der Waals surface area contributed by atoms with Crippen molar-refractivity contribution in [3.63, 3.8) is 0 Å². The van der Waals surface area contributed by atoms with Gasteiger partial charge in [0.2, 0.25) is 5.78 Å². The first-order valence-electron chi connectivity index (χ1n) is 21.2. The van der Waals surface area contributed by atoms with Crippen LogP contribution in [0.25, 0.3) is 5.57 Å². The fourth-order valence-electron chi connectivity index (χ4n) is 6.99. The molecule has 0 amide bonds. The molecule has 0 radical (unpaired) electrons. The molecule has 8 heteroatoms. The molecule has 0 fully saturated rings. The zero-order valence-corrected chi connectivity index (χ0v) is 33.8. The maximum Gasteiger partial charge on any atom is 0.336 e. The van der Waals surface area contributed by atoms with E-state index < -0.39 is 0 Å². The molecule has 2 aliphatic rings. The molecule has 7 nitrogen and oxygen atoms in total. The van der Waals surface area contributed by atoms with Gasteiger partial charge < -0.3 is 10.0 Å². The first-order valence-corrected chi connectivity index (χ1v) is 22.0. The minimum Gasteiger partial charge on any atom is -0.506 e. The molecule has 51 heavy (non-hydrogen) atoms. The van der Waals surface area contributed by atoms with Crippen molar-refractivity contribution in [1.82, 2.24) is 4.98 Å². The molecule has 1 N–H and O–H groups in total. The molecular weight excluding hydrogens is 651 g/mol. The van der Waals surface area contributed by atoms with Crippen molar-refractivity contribution >= 4 is 46.1 Å². The van der Waals surface area contributed by atoms with Crippen LogP contribution in [0.4, 0.5) is 5.13 Å². The Kier molecular flexibility index (Phi) is 22.0. The molecule has 2 heterocycles. The van der Waals surface area contributed by atoms with E-state index in [1.54, 1.807) is 18.6 Å². The number of carbonyl (C=O) groups excluding carboxylic acids is 1. The summed E-state index contributed by atoms with van der Waals surface area (Å²) in [6.07, 6.45) is 35.5. The van der Waals surface area contributed by atoms with Gasteiger partial charge in [0.05, 0.1) is 29.1 Å². The Bertz CT molecular complexity index is 1250. The van der Waals surface area contributed by atoms with Gasteiger partial charge in [-0.1, -0.05) is 155 Å². The van der Waals surface area contributed by atoms with Crippen molar-refractivity contribution in [2.24, 2.45) is 9.98 Å². The molecule has 0 bridgehead atoms. The number of hydrogen-bond donors (Lipinski definition) is 1. The third-order valence-corrected chi connectivity index (χ3v) is 11.4. The number of rotatable bonds is 30. The van der Waals surface area contributed by atoms with Crippen molar-refractivity contribution in [3.05, 3.63) is 28.1 Å². The number of aliphatic hydroxyl groups excluding tert-OH is 1. The topological polar surface area (TPSA) is 81.2 Å². The maximum atomic E-state index is 13.5. The normalized spacial score (nSPS) is 15.7. The van der Waals surface area contributed by atoms with Gasteiger partial charge in [0.25, 0.3) is 0 Å². The van der Waals surface area contributed by atoms with Gasteiger partial charge in [-0.3, -0.25) is 9.37 Å². The largest absolute Gasteiger partial charge is 0.506 e. The fourth-order valence-corrected chi connectivity index (χ4v) is 8.00. The van der Waals surface area contributed by atoms with Gasteiger partial charge in [-0.15, -0.1) is 0 Å². The minimum atomic E-state index is -0.167. The van der Waals surface area contributed by atoms with Crippen molar-refractivity contribution in [2.75, 3.05) is 31.1 Å². The average molecular weight is 723 g/mol. The number of ketones is 1. The highest BCUT2D eigenvalue weighted by atomic mass is 32.1. The number of carbonyl (C=O) groups is 1. The summed E-state index contributed by atoms with van der Waals surface area (Å²) in [6, 6.07) is 0. The molecule has 1 aliphatic heterocycles. The van der Waals surface area contributed by atoms with Crippen LogP contribution in [0.5, 0.6) is 0 Å². The van der Waals surface area contributed by atoms with Gasteiger partial charge in [-0.2, -0.15) is 0 Å². The summed E-state index contributed by atoms with van der Waals surface area (Å²) in [7, 11) is 0. The van der Waals surface area contributed by atoms with E-state index in [1.807, 2.05) is 0 Å². The molecule has 0 saturated carbocycles. The number of Topliss-reactive ketones (excluding diaryl/α,β-unsaturated/α-hetero) is 1. The number of aromatic nitrogens is 1. The van der Waals surface area contributed by atoms with Gasteiger partial charge in [0.1, 0.15) is 17.7 Å². The van der Waals surface area contributed by atoms with E-state index in [4.69, 9.17) is 9.98 Å². The molecule has 0 unspecified atom stereocenters. The van der Waals surface area contributed by atoms with Crippen LogP contribution in [0.3, 0.4) is 0 Å². The average Bonchev–Trinajstić information content (AvgIpc) is 3.61. The highest BCUT2D eigenvalue weighted by molar-refractivity contribution is 7.17. The van der Waals surface area contributed by atoms with Crippen LogP contribution in [0.2, 0.25) is 0 Å². The van der Waals surface area contributed by atoms with Crippen LogP contribution < -0.4 is 4.90 Å². The van der Waals surface area contributed by atoms with Crippen molar-refractivity contribution in [1.29, 1.82) is 0 Å². The Balaban J connectivity index is 1.68. The van der Waals surface area contributed by atoms with E-state index in [1.165, 1.54) is 140 Å². The number of allylic oxidation sites excluding steroid dienone is 3. The predicted molar refractivity (Wildman–Crippen MR) is 221 cm³/mol. The van der Waals surface area contributed by atoms with Crippen LogP contribution in [0, 0.1) is 0 Å². The molecule has 1 aromatic rings. The number of unbranched alkanes of at least 4 members (excludes halogenated alkanes) is 20. The van der Waals surface area contributed by atoms with Crippen LogP contribution in [0.15, 0.2) is 33.2 Å². The maximum absolute atomic E-state index is 13.5. The lowest BCUT2D eigenvalue weighted by atomic mass is 9.86. The second kappa shape index (κ2) is 26.2. The van der Waals surface area contributed by atoms with E-state index >= 15 is 0 Å². The standard InChI is InChI=1S/C43H71N5O2S/c1-5-9-13-17-21-25-29-47(30-26-22-18-14-10-6-2)38-35-44-36(33-45-38)39-41(49)40(42(39)50)37-34-46-43(51-37)48(31-27-23-19-15-11-7-3)32-28-24-20-16-12-8-4/h33-35H,5-32H2,1-4H3/p+1. The quantitative estimate of drug-likeness (QED) is 0.0487. The minimum absolute atomic E-state index is 0.0201. The number of nitrogens with zero attached hydrogens (tertiary/aromatic N) is 5. The van der Waals surface area contributed by atoms with Gasteiger partial charge in [0.15, 0.2) is 11.3 Å². The van der Waals surface area contributed by atoms with Gasteiger partial charge in [-0.25, -0.2) is 9.98 Å². The van der Waals surface area contributed by atoms with Crippen LogP contribution in [-0.4, -0.2) is 64.9 Å². The highest BCUT2D eigenvalue weighted by Crippen LogP contribution is 2.41. The number of anilines is 1. The van der Waals surface area contributed by atoms with Gasteiger partial charge >= 0.3 is 5.84 Å². The third kappa shape index (κ3) is 15.1. The second-order valence-electron chi connectivity index (χ2n) is 14.7. The van der Waals surface area contributed by atoms with Crippen molar-refractivity contribution < 1.29 is 14.5 Å². The first kappa shape index (κ1) is 42.8. The number of amidine groups is 1. The summed E-state index contributed by atoms with van der Waals surface area (Å²) in [5, 5.41) is 12.1. The molecule has 1 aliphatic carbocycles. The molecule has 286 valence electrons. The zero-order valence-electron chi connectivity index (χ0n) is 33.0. The SMILES string of the molecule is CCCCCCCCN(CCCCCCCC)c1ncc(C2=C(O)/C(=C3\C=NC(=[N+](CCCCCCCC)CCCCCCCC)C=N3)C2=O)s1. The number of aliphatic imine (C=N–C) groups is 2. The zero-order chi connectivity index (χ0) is 36.5. The number of hydrogen-bond acceptors (Lipinski definition) is 6. The van der Waals surface area contributed by atoms with Crippen molar-refractivity contribution in [3.8, 4) is 0 Å². The highest BCUT2D eigenvalue weighted by Gasteiger charge is 2.39. The Labute approximate surface area is 315 Å². The smallest absolute Gasteiger partial charge is 0.336 e. The lowest BCUT2D eigenvalue weighted by Gasteiger charge is -2.22. The first-order chi connectivity index (χ1) is 25.0. The third-order valence-electron chi connectivity index (χ3n) is 10.3. The Morgan fingerprint density at radius 3 is 1.53 bits per heavy atom. The monoisotopic (exact) mass is 723 g/mol. The second-order valence-corrected chi connectivity index (χ2v) is 15.7. The lowest BCUT2D eigenvalue weighted by Crippen LogP contribution is -2.27. The van der Waals surface area contributed by atoms with E-state index in [9.17, 15) is 9.90 Å². The Morgan fingerprint density at radius 2 is 1.08 bits per heavy atom. The summed E-state index contributed by atoms with van der Waals surface area (Å²) in [5.74, 6) is 0.714. The summed E-state index contributed by atoms with van der Waals surface area (Å²) in [4.78, 5) is 30.9. The molecular formula is C43H72N5O2S+. The molecule has 1 aromatic heterocycles. The van der Waals surface area contributed by atoms with E-state index in [2.05, 4.69) is 42.2 Å². The number of thiazole rings is 1. The Morgan fingerprint density at radius 1 is 0.608 bits per heavy atom. The van der Waals surface area contributed by atoms with Gasteiger partial charge in [-0.05, 0) is 43.5 Å². The van der Waals surface area contributed by atoms with Crippen LogP contribution >= 0.6 is 11.3 Å². The van der Waals surface area contributed by atoms with Crippen molar-refractivity contribution in [2.45, 2.75) is 182 Å². The van der Waals surface area contributed by atoms with Crippen LogP contribution in [0.1, 0.15) is 187 Å². The molecule has 0 spiro atoms. The predicted octanol–water partition coefficient (Wildman–Crippen LogP) is 12.1. The summed E-state index contributed by atoms with van der Waals surface area (Å²) in [5.41, 5.74) is 1.08. The summed E-state index contributed by atoms with van der Waals surface area (Å²) >= 11 is 1.53. The number of aliphatic hydroxyl groups is 1. The molecule has 0 aromatic carbocycles. The van der Waals surface area contributed by atoms with Crippen LogP contribution in [-0.2, 0) is 4.79 Å². The van der Waals surface area contributed by atoms with E-state index in [-0.39, 0.29) is 17.1 Å². The molecule has 3 rings (SSSR count). The Hall–Kier alpha value is -2.61. The summed E-state index contributed by atoms with van der Waals surface area (Å²) in [6.45, 7) is 13.0. The summed E-state index contributed by atoms with van der Waals surface area (Å²) < 4.78 is 2.37.